The minimum atomic E-state index is -0.231. The Morgan fingerprint density at radius 3 is 2.79 bits per heavy atom. The molecular formula is C17H23N5O2. The van der Waals surface area contributed by atoms with Crippen molar-refractivity contribution in [2.45, 2.75) is 44.2 Å². The Labute approximate surface area is 141 Å². The van der Waals surface area contributed by atoms with Crippen molar-refractivity contribution in [3.63, 3.8) is 0 Å². The van der Waals surface area contributed by atoms with E-state index in [1.165, 1.54) is 0 Å². The monoisotopic (exact) mass is 329 g/mol. The largest absolute Gasteiger partial charge is 0.393 e. The first-order chi connectivity index (χ1) is 11.6. The van der Waals surface area contributed by atoms with Crippen molar-refractivity contribution in [2.75, 3.05) is 0 Å². The minimum Gasteiger partial charge on any atom is -0.393 e. The van der Waals surface area contributed by atoms with Gasteiger partial charge >= 0.3 is 0 Å². The fraction of sp³-hybridized carbons (Fsp3) is 0.529. The number of rotatable bonds is 7. The maximum absolute atomic E-state index is 12.3. The quantitative estimate of drug-likeness (QED) is 0.778. The molecule has 0 aliphatic heterocycles. The number of carbonyl (C=O) groups excluding carboxylic acids is 1. The highest BCUT2D eigenvalue weighted by Crippen LogP contribution is 2.31. The molecule has 2 aromatic heterocycles. The first kappa shape index (κ1) is 16.6. The van der Waals surface area contributed by atoms with Crippen LogP contribution in [0, 0.1) is 5.92 Å². The third kappa shape index (κ3) is 4.17. The maximum Gasteiger partial charge on any atom is 0.220 e. The number of aromatic nitrogens is 4. The van der Waals surface area contributed by atoms with Crippen LogP contribution in [0.25, 0.3) is 0 Å². The van der Waals surface area contributed by atoms with Gasteiger partial charge in [0, 0.05) is 38.3 Å². The molecule has 7 heteroatoms. The van der Waals surface area contributed by atoms with Gasteiger partial charge in [0.25, 0.3) is 0 Å². The highest BCUT2D eigenvalue weighted by molar-refractivity contribution is 5.76. The summed E-state index contributed by atoms with van der Waals surface area (Å²) in [4.78, 5) is 16.4. The van der Waals surface area contributed by atoms with Crippen molar-refractivity contribution in [1.29, 1.82) is 0 Å². The molecule has 0 spiro atoms. The first-order valence-electron chi connectivity index (χ1n) is 8.31. The van der Waals surface area contributed by atoms with Crippen molar-refractivity contribution >= 4 is 5.91 Å². The van der Waals surface area contributed by atoms with E-state index in [0.717, 1.165) is 30.7 Å². The lowest BCUT2D eigenvalue weighted by atomic mass is 9.75. The summed E-state index contributed by atoms with van der Waals surface area (Å²) in [6.45, 7) is 0. The topological polar surface area (TPSA) is 92.9 Å². The highest BCUT2D eigenvalue weighted by atomic mass is 16.3. The van der Waals surface area contributed by atoms with Crippen molar-refractivity contribution < 1.29 is 9.90 Å². The van der Waals surface area contributed by atoms with Crippen molar-refractivity contribution in [3.8, 4) is 0 Å². The third-order valence-electron chi connectivity index (χ3n) is 4.65. The van der Waals surface area contributed by atoms with Gasteiger partial charge in [-0.25, -0.2) is 0 Å². The van der Waals surface area contributed by atoms with Gasteiger partial charge in [0.2, 0.25) is 5.91 Å². The Bertz CT molecular complexity index is 667. The van der Waals surface area contributed by atoms with E-state index >= 15 is 0 Å². The Kier molecular flexibility index (Phi) is 5.20. The second kappa shape index (κ2) is 7.53. The molecule has 24 heavy (non-hydrogen) atoms. The number of amides is 1. The van der Waals surface area contributed by atoms with Gasteiger partial charge < -0.3 is 15.0 Å². The molecule has 1 saturated carbocycles. The number of carbonyl (C=O) groups is 1. The summed E-state index contributed by atoms with van der Waals surface area (Å²) in [5.41, 5.74) is 1.14. The second-order valence-corrected chi connectivity index (χ2v) is 6.48. The van der Waals surface area contributed by atoms with E-state index in [2.05, 4.69) is 20.5 Å². The van der Waals surface area contributed by atoms with E-state index < -0.39 is 0 Å². The van der Waals surface area contributed by atoms with Crippen LogP contribution in [-0.2, 0) is 24.7 Å². The summed E-state index contributed by atoms with van der Waals surface area (Å²) in [6, 6.07) is 3.98. The molecule has 1 aliphatic carbocycles. The summed E-state index contributed by atoms with van der Waals surface area (Å²) in [7, 11) is 1.87. The number of pyridine rings is 1. The molecule has 0 aromatic carbocycles. The van der Waals surface area contributed by atoms with Gasteiger partial charge in [-0.2, -0.15) is 0 Å². The second-order valence-electron chi connectivity index (χ2n) is 6.48. The molecule has 2 aromatic rings. The molecule has 128 valence electrons. The predicted molar refractivity (Wildman–Crippen MR) is 87.9 cm³/mol. The minimum absolute atomic E-state index is 0.0124. The van der Waals surface area contributed by atoms with Crippen LogP contribution in [-0.4, -0.2) is 42.9 Å². The summed E-state index contributed by atoms with van der Waals surface area (Å²) in [5.74, 6) is 1.14. The molecule has 7 nitrogen and oxygen atoms in total. The lowest BCUT2D eigenvalue weighted by Crippen LogP contribution is -2.48. The van der Waals surface area contributed by atoms with Crippen molar-refractivity contribution in [2.24, 2.45) is 13.0 Å². The van der Waals surface area contributed by atoms with Crippen LogP contribution in [0.1, 0.15) is 30.7 Å². The van der Waals surface area contributed by atoms with Gasteiger partial charge in [-0.15, -0.1) is 10.2 Å². The summed E-state index contributed by atoms with van der Waals surface area (Å²) >= 11 is 0. The Morgan fingerprint density at radius 1 is 1.42 bits per heavy atom. The van der Waals surface area contributed by atoms with E-state index in [1.807, 2.05) is 23.7 Å². The Balaban J connectivity index is 1.56. The van der Waals surface area contributed by atoms with Gasteiger partial charge in [-0.05, 0) is 42.9 Å². The zero-order valence-electron chi connectivity index (χ0n) is 13.8. The van der Waals surface area contributed by atoms with Crippen molar-refractivity contribution in [1.82, 2.24) is 25.1 Å². The first-order valence-corrected chi connectivity index (χ1v) is 8.31. The number of aliphatic hydroxyl groups is 1. The number of hydrogen-bond donors (Lipinski definition) is 2. The number of aliphatic hydroxyl groups excluding tert-OH is 1. The van der Waals surface area contributed by atoms with Gasteiger partial charge in [0.1, 0.15) is 12.2 Å². The molecule has 1 amide bonds. The van der Waals surface area contributed by atoms with E-state index in [-0.39, 0.29) is 18.1 Å². The summed E-state index contributed by atoms with van der Waals surface area (Å²) in [6.07, 6.45) is 8.14. The van der Waals surface area contributed by atoms with Crippen LogP contribution in [0.2, 0.25) is 0 Å². The predicted octanol–water partition coefficient (Wildman–Crippen LogP) is 0.641. The average Bonchev–Trinajstić information content (AvgIpc) is 2.95. The van der Waals surface area contributed by atoms with Crippen LogP contribution in [0.4, 0.5) is 0 Å². The van der Waals surface area contributed by atoms with Crippen molar-refractivity contribution in [3.05, 3.63) is 42.2 Å². The molecule has 0 saturated heterocycles. The Hall–Kier alpha value is -2.28. The van der Waals surface area contributed by atoms with Gasteiger partial charge in [0.05, 0.1) is 6.10 Å². The standard InChI is InChI=1S/C17H23N5O2/c1-22-11-19-21-16(22)2-3-17(24)20-15(13-9-14(23)10-13)8-12-4-6-18-7-5-12/h4-7,11,13-15,23H,2-3,8-10H2,1H3,(H,20,24)/t13?,14?,15-/m1/s1. The molecule has 3 rings (SSSR count). The molecule has 0 bridgehead atoms. The smallest absolute Gasteiger partial charge is 0.220 e. The number of nitrogens with one attached hydrogen (secondary N) is 1. The molecule has 1 aliphatic rings. The molecule has 2 heterocycles. The fourth-order valence-corrected chi connectivity index (χ4v) is 3.10. The van der Waals surface area contributed by atoms with Crippen LogP contribution < -0.4 is 5.32 Å². The third-order valence-corrected chi connectivity index (χ3v) is 4.65. The molecule has 0 unspecified atom stereocenters. The molecule has 1 fully saturated rings. The molecule has 0 radical (unpaired) electrons. The van der Waals surface area contributed by atoms with Crippen LogP contribution >= 0.6 is 0 Å². The van der Waals surface area contributed by atoms with Crippen LogP contribution in [0.15, 0.2) is 30.9 Å². The summed E-state index contributed by atoms with van der Waals surface area (Å²) < 4.78 is 1.82. The number of nitrogens with zero attached hydrogens (tertiary/aromatic N) is 4. The zero-order valence-corrected chi connectivity index (χ0v) is 13.8. The SMILES string of the molecule is Cn1cnnc1CCC(=O)N[C@H](Cc1ccncc1)C1CC(O)C1. The van der Waals surface area contributed by atoms with E-state index in [0.29, 0.717) is 18.8 Å². The Morgan fingerprint density at radius 2 is 2.17 bits per heavy atom. The molecule has 2 N–H and O–H groups in total. The molecular weight excluding hydrogens is 306 g/mol. The van der Waals surface area contributed by atoms with Gasteiger partial charge in [-0.3, -0.25) is 9.78 Å². The summed E-state index contributed by atoms with van der Waals surface area (Å²) in [5, 5.41) is 20.6. The normalized spacial score (nSPS) is 21.1. The van der Waals surface area contributed by atoms with Crippen LogP contribution in [0.3, 0.4) is 0 Å². The fourth-order valence-electron chi connectivity index (χ4n) is 3.10. The van der Waals surface area contributed by atoms with Crippen LogP contribution in [0.5, 0.6) is 0 Å². The number of hydrogen-bond acceptors (Lipinski definition) is 5. The van der Waals surface area contributed by atoms with E-state index in [4.69, 9.17) is 0 Å². The maximum atomic E-state index is 12.3. The highest BCUT2D eigenvalue weighted by Gasteiger charge is 2.34. The lowest BCUT2D eigenvalue weighted by Gasteiger charge is -2.38. The van der Waals surface area contributed by atoms with Gasteiger partial charge in [0.15, 0.2) is 0 Å². The van der Waals surface area contributed by atoms with Gasteiger partial charge in [-0.1, -0.05) is 0 Å². The lowest BCUT2D eigenvalue weighted by molar-refractivity contribution is -0.122. The van der Waals surface area contributed by atoms with E-state index in [1.54, 1.807) is 18.7 Å². The average molecular weight is 329 g/mol. The number of aryl methyl sites for hydroxylation is 2. The zero-order chi connectivity index (χ0) is 16.9. The molecule has 1 atom stereocenters. The van der Waals surface area contributed by atoms with E-state index in [9.17, 15) is 9.90 Å².